The van der Waals surface area contributed by atoms with Crippen molar-refractivity contribution in [1.82, 2.24) is 4.90 Å². The lowest BCUT2D eigenvalue weighted by molar-refractivity contribution is 0.0549. The van der Waals surface area contributed by atoms with Gasteiger partial charge in [-0.1, -0.05) is 17.7 Å². The fourth-order valence-electron chi connectivity index (χ4n) is 2.80. The van der Waals surface area contributed by atoms with E-state index in [1.165, 1.54) is 0 Å². The monoisotopic (exact) mass is 275 g/mol. The van der Waals surface area contributed by atoms with Gasteiger partial charge in [0.1, 0.15) is 0 Å². The fraction of sp³-hybridized carbons (Fsp3) is 0.588. The second-order valence-corrected chi connectivity index (χ2v) is 5.99. The van der Waals surface area contributed by atoms with Crippen LogP contribution in [0.25, 0.3) is 0 Å². The average Bonchev–Trinajstić information content (AvgIpc) is 2.42. The van der Waals surface area contributed by atoms with E-state index in [1.807, 2.05) is 33.0 Å². The van der Waals surface area contributed by atoms with Gasteiger partial charge in [-0.25, -0.2) is 0 Å². The number of carbonyl (C=O) groups excluding carboxylic acids is 1. The summed E-state index contributed by atoms with van der Waals surface area (Å²) in [6.45, 7) is 7.25. The van der Waals surface area contributed by atoms with Crippen molar-refractivity contribution in [2.75, 3.05) is 33.4 Å². The van der Waals surface area contributed by atoms with Gasteiger partial charge in [0.15, 0.2) is 5.78 Å². The summed E-state index contributed by atoms with van der Waals surface area (Å²) in [6.07, 6.45) is 2.23. The first-order valence-corrected chi connectivity index (χ1v) is 7.43. The molecule has 2 rings (SSSR count). The van der Waals surface area contributed by atoms with E-state index in [1.54, 1.807) is 0 Å². The third kappa shape index (κ3) is 4.15. The van der Waals surface area contributed by atoms with Gasteiger partial charge in [0.2, 0.25) is 0 Å². The van der Waals surface area contributed by atoms with Crippen molar-refractivity contribution in [3.05, 3.63) is 34.9 Å². The Kier molecular flexibility index (Phi) is 5.32. The smallest absolute Gasteiger partial charge is 0.177 e. The van der Waals surface area contributed by atoms with E-state index in [0.717, 1.165) is 49.3 Å². The van der Waals surface area contributed by atoms with Gasteiger partial charge < -0.3 is 4.74 Å². The molecule has 0 amide bonds. The molecular formula is C17H25NO2. The number of ether oxygens (including phenoxy) is 1. The van der Waals surface area contributed by atoms with Crippen molar-refractivity contribution < 1.29 is 9.53 Å². The Morgan fingerprint density at radius 2 is 2.00 bits per heavy atom. The first-order chi connectivity index (χ1) is 9.56. The van der Waals surface area contributed by atoms with Crippen LogP contribution in [0.15, 0.2) is 18.2 Å². The van der Waals surface area contributed by atoms with Crippen LogP contribution in [0.1, 0.15) is 34.3 Å². The molecule has 0 N–H and O–H groups in total. The largest absolute Gasteiger partial charge is 0.381 e. The number of Topliss-reactive ketones (excluding diaryl/α,β-unsaturated/α-hetero) is 1. The molecule has 1 saturated heterocycles. The van der Waals surface area contributed by atoms with Gasteiger partial charge in [0, 0.05) is 25.3 Å². The molecule has 1 aliphatic rings. The average molecular weight is 275 g/mol. The third-order valence-corrected chi connectivity index (χ3v) is 4.02. The van der Waals surface area contributed by atoms with E-state index in [2.05, 4.69) is 11.0 Å². The quantitative estimate of drug-likeness (QED) is 0.774. The van der Waals surface area contributed by atoms with Crippen LogP contribution >= 0.6 is 0 Å². The molecule has 0 bridgehead atoms. The van der Waals surface area contributed by atoms with Crippen LogP contribution in [0.5, 0.6) is 0 Å². The number of hydrogen-bond donors (Lipinski definition) is 0. The zero-order chi connectivity index (χ0) is 14.5. The van der Waals surface area contributed by atoms with E-state index >= 15 is 0 Å². The minimum absolute atomic E-state index is 0.223. The first-order valence-electron chi connectivity index (χ1n) is 7.43. The lowest BCUT2D eigenvalue weighted by Gasteiger charge is -2.26. The molecule has 1 aliphatic heterocycles. The lowest BCUT2D eigenvalue weighted by atomic mass is 9.99. The molecule has 1 aromatic rings. The Morgan fingerprint density at radius 1 is 1.30 bits per heavy atom. The van der Waals surface area contributed by atoms with Gasteiger partial charge in [-0.3, -0.25) is 9.69 Å². The van der Waals surface area contributed by atoms with Gasteiger partial charge in [-0.2, -0.15) is 0 Å². The van der Waals surface area contributed by atoms with E-state index in [4.69, 9.17) is 4.74 Å². The van der Waals surface area contributed by atoms with Crippen LogP contribution in [0.2, 0.25) is 0 Å². The molecule has 1 heterocycles. The number of benzene rings is 1. The summed E-state index contributed by atoms with van der Waals surface area (Å²) < 4.78 is 5.38. The Bertz CT molecular complexity index is 464. The molecule has 3 nitrogen and oxygen atoms in total. The molecule has 20 heavy (non-hydrogen) atoms. The second-order valence-electron chi connectivity index (χ2n) is 5.99. The van der Waals surface area contributed by atoms with Crippen LogP contribution in [0.3, 0.4) is 0 Å². The van der Waals surface area contributed by atoms with E-state index in [9.17, 15) is 4.79 Å². The molecule has 0 atom stereocenters. The summed E-state index contributed by atoms with van der Waals surface area (Å²) >= 11 is 0. The van der Waals surface area contributed by atoms with Gasteiger partial charge in [0.05, 0.1) is 6.54 Å². The highest BCUT2D eigenvalue weighted by Crippen LogP contribution is 2.16. The molecule has 0 aliphatic carbocycles. The van der Waals surface area contributed by atoms with Gasteiger partial charge >= 0.3 is 0 Å². The maximum Gasteiger partial charge on any atom is 0.177 e. The van der Waals surface area contributed by atoms with Crippen molar-refractivity contribution in [2.45, 2.75) is 26.7 Å². The summed E-state index contributed by atoms with van der Waals surface area (Å²) in [5, 5.41) is 0. The molecule has 110 valence electrons. The summed E-state index contributed by atoms with van der Waals surface area (Å²) in [6, 6.07) is 6.08. The Morgan fingerprint density at radius 3 is 2.70 bits per heavy atom. The summed E-state index contributed by atoms with van der Waals surface area (Å²) in [4.78, 5) is 14.6. The molecular weight excluding hydrogens is 250 g/mol. The van der Waals surface area contributed by atoms with Crippen LogP contribution < -0.4 is 0 Å². The Hall–Kier alpha value is -1.19. The Balaban J connectivity index is 1.91. The number of nitrogens with zero attached hydrogens (tertiary/aromatic N) is 1. The van der Waals surface area contributed by atoms with E-state index < -0.39 is 0 Å². The van der Waals surface area contributed by atoms with Crippen LogP contribution in [-0.2, 0) is 4.74 Å². The van der Waals surface area contributed by atoms with E-state index in [0.29, 0.717) is 12.5 Å². The number of hydrogen-bond acceptors (Lipinski definition) is 3. The van der Waals surface area contributed by atoms with Crippen LogP contribution in [0, 0.1) is 19.8 Å². The molecule has 1 aromatic carbocycles. The topological polar surface area (TPSA) is 29.5 Å². The zero-order valence-electron chi connectivity index (χ0n) is 12.8. The molecule has 0 saturated carbocycles. The molecule has 0 unspecified atom stereocenters. The standard InChI is InChI=1S/C17H25NO2/c1-13-4-5-14(2)16(10-13)17(19)12-18(3)11-15-6-8-20-9-7-15/h4-5,10,15H,6-9,11-12H2,1-3H3. The SMILES string of the molecule is Cc1ccc(C)c(C(=O)CN(C)CC2CCOCC2)c1. The normalized spacial score (nSPS) is 16.6. The first kappa shape index (κ1) is 15.2. The van der Waals surface area contributed by atoms with E-state index in [-0.39, 0.29) is 5.78 Å². The van der Waals surface area contributed by atoms with Crippen molar-refractivity contribution >= 4 is 5.78 Å². The highest BCUT2D eigenvalue weighted by Gasteiger charge is 2.18. The fourth-order valence-corrected chi connectivity index (χ4v) is 2.80. The highest BCUT2D eigenvalue weighted by molar-refractivity contribution is 5.99. The number of likely N-dealkylation sites (N-methyl/N-ethyl adjacent to an activating group) is 1. The number of ketones is 1. The van der Waals surface area contributed by atoms with Crippen LogP contribution in [0.4, 0.5) is 0 Å². The molecule has 3 heteroatoms. The zero-order valence-corrected chi connectivity index (χ0v) is 12.8. The minimum Gasteiger partial charge on any atom is -0.381 e. The molecule has 1 fully saturated rings. The van der Waals surface area contributed by atoms with Crippen LogP contribution in [-0.4, -0.2) is 44.0 Å². The molecule has 0 radical (unpaired) electrons. The number of aryl methyl sites for hydroxylation is 2. The predicted molar refractivity (Wildman–Crippen MR) is 81.3 cm³/mol. The highest BCUT2D eigenvalue weighted by atomic mass is 16.5. The molecule has 0 aromatic heterocycles. The maximum absolute atomic E-state index is 12.4. The van der Waals surface area contributed by atoms with Gasteiger partial charge in [-0.15, -0.1) is 0 Å². The van der Waals surface area contributed by atoms with Gasteiger partial charge in [0.25, 0.3) is 0 Å². The van der Waals surface area contributed by atoms with Crippen molar-refractivity contribution in [3.8, 4) is 0 Å². The van der Waals surface area contributed by atoms with Crippen molar-refractivity contribution in [1.29, 1.82) is 0 Å². The summed E-state index contributed by atoms with van der Waals surface area (Å²) in [5.74, 6) is 0.890. The second kappa shape index (κ2) is 7.00. The third-order valence-electron chi connectivity index (χ3n) is 4.02. The van der Waals surface area contributed by atoms with Gasteiger partial charge in [-0.05, 0) is 51.3 Å². The molecule has 0 spiro atoms. The predicted octanol–water partition coefficient (Wildman–Crippen LogP) is 2.84. The van der Waals surface area contributed by atoms with Crippen molar-refractivity contribution in [3.63, 3.8) is 0 Å². The summed E-state index contributed by atoms with van der Waals surface area (Å²) in [7, 11) is 2.04. The Labute approximate surface area is 121 Å². The minimum atomic E-state index is 0.223. The van der Waals surface area contributed by atoms with Crippen molar-refractivity contribution in [2.24, 2.45) is 5.92 Å². The number of rotatable bonds is 5. The summed E-state index contributed by atoms with van der Waals surface area (Å²) in [5.41, 5.74) is 3.08. The lowest BCUT2D eigenvalue weighted by Crippen LogP contribution is -2.33. The number of carbonyl (C=O) groups is 1. The maximum atomic E-state index is 12.4.